The van der Waals surface area contributed by atoms with Gasteiger partial charge in [0, 0.05) is 13.7 Å². The van der Waals surface area contributed by atoms with Crippen molar-refractivity contribution in [2.75, 3.05) is 33.3 Å². The lowest BCUT2D eigenvalue weighted by Gasteiger charge is -2.21. The number of nitrogens with two attached hydrogens (primary N) is 1. The predicted octanol–water partition coefficient (Wildman–Crippen LogP) is 4.51. The molecule has 0 amide bonds. The molecule has 0 atom stereocenters. The van der Waals surface area contributed by atoms with Crippen LogP contribution in [-0.2, 0) is 11.2 Å². The van der Waals surface area contributed by atoms with Crippen molar-refractivity contribution in [3.63, 3.8) is 0 Å². The average Bonchev–Trinajstić information content (AvgIpc) is 3.24. The molecule has 0 fully saturated rings. The molecule has 0 radical (unpaired) electrons. The number of thiazole rings is 1. The first-order valence-corrected chi connectivity index (χ1v) is 11.4. The second kappa shape index (κ2) is 16.4. The highest BCUT2D eigenvalue weighted by Gasteiger charge is 2.07. The topological polar surface area (TPSA) is 88.7 Å². The minimum absolute atomic E-state index is 0.691. The average molecular weight is 446 g/mol. The molecule has 3 N–H and O–H groups in total. The maximum atomic E-state index is 8.00. The van der Waals surface area contributed by atoms with E-state index in [2.05, 4.69) is 35.0 Å². The number of benzene rings is 2. The largest absolute Gasteiger partial charge is 0.431 e. The van der Waals surface area contributed by atoms with Gasteiger partial charge in [0.1, 0.15) is 12.5 Å². The van der Waals surface area contributed by atoms with Crippen molar-refractivity contribution in [3.05, 3.63) is 54.1 Å². The van der Waals surface area contributed by atoms with E-state index < -0.39 is 0 Å². The molecule has 1 heterocycles. The molecule has 0 spiro atoms. The van der Waals surface area contributed by atoms with Crippen molar-refractivity contribution in [2.24, 2.45) is 5.73 Å². The Hall–Kier alpha value is -2.32. The van der Waals surface area contributed by atoms with Gasteiger partial charge >= 0.3 is 0 Å². The van der Waals surface area contributed by atoms with Gasteiger partial charge in [0.2, 0.25) is 0 Å². The second-order valence-corrected chi connectivity index (χ2v) is 7.77. The molecule has 1 aromatic heterocycles. The maximum Gasteiger partial charge on any atom is 0.279 e. The number of aliphatic hydroxyl groups excluding tert-OH is 1. The summed E-state index contributed by atoms with van der Waals surface area (Å²) in [6.45, 7) is 8.34. The quantitative estimate of drug-likeness (QED) is 0.452. The predicted molar refractivity (Wildman–Crippen MR) is 130 cm³/mol. The zero-order valence-electron chi connectivity index (χ0n) is 18.6. The fraction of sp³-hybridized carbons (Fsp3) is 0.417. The van der Waals surface area contributed by atoms with E-state index in [0.29, 0.717) is 5.19 Å². The molecule has 3 aromatic rings. The Bertz CT molecular complexity index is 798. The third-order valence-electron chi connectivity index (χ3n) is 4.63. The van der Waals surface area contributed by atoms with Crippen LogP contribution in [0.4, 0.5) is 0 Å². The number of aromatic nitrogens is 1. The van der Waals surface area contributed by atoms with Gasteiger partial charge in [0.25, 0.3) is 5.19 Å². The van der Waals surface area contributed by atoms with Crippen LogP contribution in [0.25, 0.3) is 10.2 Å². The summed E-state index contributed by atoms with van der Waals surface area (Å²) < 4.78 is 7.08. The minimum Gasteiger partial charge on any atom is -0.431 e. The highest BCUT2D eigenvalue weighted by atomic mass is 32.1. The Labute approximate surface area is 189 Å². The molecule has 7 heteroatoms. The van der Waals surface area contributed by atoms with Gasteiger partial charge in [-0.15, -0.1) is 0 Å². The van der Waals surface area contributed by atoms with Crippen molar-refractivity contribution in [1.82, 2.24) is 9.88 Å². The molecule has 0 aliphatic carbocycles. The monoisotopic (exact) mass is 445 g/mol. The normalized spacial score (nSPS) is 10.2. The number of hydrogen-bond donors (Lipinski definition) is 2. The molecular formula is C24H35N3O3S. The number of unbranched alkanes of at least 4 members (excludes halogenated alkanes) is 1. The standard InChI is InChI=1S/C22H29N3OS.CH4O.CH2O/c1-2-3-15-25(16-6-14-23)17-13-18-9-11-19(12-10-18)26-22-24-20-7-4-5-8-21(20)27-22;2*1-2/h4-5,7-12H,2-3,6,13-17,23H2,1H3;2H,1H3;1H2. The number of para-hydroxylation sites is 1. The molecule has 0 aliphatic heterocycles. The minimum atomic E-state index is 0.691. The molecule has 2 aromatic carbocycles. The lowest BCUT2D eigenvalue weighted by molar-refractivity contribution is -0.0979. The summed E-state index contributed by atoms with van der Waals surface area (Å²) in [5.41, 5.74) is 7.99. The van der Waals surface area contributed by atoms with E-state index in [0.717, 1.165) is 62.1 Å². The van der Waals surface area contributed by atoms with Crippen LogP contribution in [0.2, 0.25) is 0 Å². The van der Waals surface area contributed by atoms with Crippen molar-refractivity contribution < 1.29 is 14.6 Å². The summed E-state index contributed by atoms with van der Waals surface area (Å²) in [5, 5.41) is 7.69. The van der Waals surface area contributed by atoms with Gasteiger partial charge in [0.15, 0.2) is 0 Å². The van der Waals surface area contributed by atoms with E-state index >= 15 is 0 Å². The molecule has 170 valence electrons. The van der Waals surface area contributed by atoms with E-state index in [4.69, 9.17) is 20.4 Å². The van der Waals surface area contributed by atoms with Gasteiger partial charge < -0.3 is 25.3 Å². The van der Waals surface area contributed by atoms with Crippen LogP contribution in [0.15, 0.2) is 48.5 Å². The Balaban J connectivity index is 0.00000113. The Morgan fingerprint density at radius 2 is 1.71 bits per heavy atom. The summed E-state index contributed by atoms with van der Waals surface area (Å²) in [7, 11) is 1.00. The van der Waals surface area contributed by atoms with Gasteiger partial charge in [-0.1, -0.05) is 48.9 Å². The van der Waals surface area contributed by atoms with E-state index in [1.807, 2.05) is 37.1 Å². The summed E-state index contributed by atoms with van der Waals surface area (Å²) in [5.74, 6) is 0.837. The lowest BCUT2D eigenvalue weighted by Crippen LogP contribution is -2.29. The van der Waals surface area contributed by atoms with Crippen LogP contribution < -0.4 is 10.5 Å². The van der Waals surface area contributed by atoms with Crippen molar-refractivity contribution in [2.45, 2.75) is 32.6 Å². The Kier molecular flexibility index (Phi) is 14.1. The third-order valence-corrected chi connectivity index (χ3v) is 5.54. The molecule has 0 unspecified atom stereocenters. The van der Waals surface area contributed by atoms with Crippen LogP contribution >= 0.6 is 11.3 Å². The Morgan fingerprint density at radius 1 is 1.03 bits per heavy atom. The molecule has 31 heavy (non-hydrogen) atoms. The molecule has 0 saturated carbocycles. The van der Waals surface area contributed by atoms with Crippen LogP contribution in [0.1, 0.15) is 31.7 Å². The number of hydrogen-bond acceptors (Lipinski definition) is 7. The summed E-state index contributed by atoms with van der Waals surface area (Å²) in [6, 6.07) is 16.5. The molecule has 3 rings (SSSR count). The van der Waals surface area contributed by atoms with Gasteiger partial charge in [-0.2, -0.15) is 0 Å². The van der Waals surface area contributed by atoms with E-state index in [9.17, 15) is 0 Å². The smallest absolute Gasteiger partial charge is 0.279 e. The third kappa shape index (κ3) is 9.57. The van der Waals surface area contributed by atoms with Gasteiger partial charge in [0.05, 0.1) is 10.2 Å². The number of fused-ring (bicyclic) bond motifs is 1. The highest BCUT2D eigenvalue weighted by molar-refractivity contribution is 7.20. The van der Waals surface area contributed by atoms with Crippen LogP contribution in [-0.4, -0.2) is 55.1 Å². The molecular weight excluding hydrogens is 410 g/mol. The summed E-state index contributed by atoms with van der Waals surface area (Å²) in [6.07, 6.45) is 4.60. The first-order chi connectivity index (χ1) is 15.3. The highest BCUT2D eigenvalue weighted by Crippen LogP contribution is 2.31. The van der Waals surface area contributed by atoms with E-state index in [-0.39, 0.29) is 0 Å². The number of carbonyl (C=O) groups is 1. The summed E-state index contributed by atoms with van der Waals surface area (Å²) >= 11 is 1.58. The molecule has 0 aliphatic rings. The first kappa shape index (κ1) is 26.7. The lowest BCUT2D eigenvalue weighted by atomic mass is 10.1. The van der Waals surface area contributed by atoms with Gasteiger partial charge in [-0.3, -0.25) is 0 Å². The molecule has 0 bridgehead atoms. The fourth-order valence-electron chi connectivity index (χ4n) is 3.04. The van der Waals surface area contributed by atoms with Crippen molar-refractivity contribution in [1.29, 1.82) is 0 Å². The number of rotatable bonds is 11. The van der Waals surface area contributed by atoms with E-state index in [1.54, 1.807) is 11.3 Å². The number of carbonyl (C=O) groups excluding carboxylic acids is 1. The van der Waals surface area contributed by atoms with Crippen LogP contribution in [0, 0.1) is 0 Å². The van der Waals surface area contributed by atoms with Crippen molar-refractivity contribution >= 4 is 28.3 Å². The number of ether oxygens (including phenoxy) is 1. The van der Waals surface area contributed by atoms with Gasteiger partial charge in [-0.25, -0.2) is 4.98 Å². The Morgan fingerprint density at radius 3 is 2.35 bits per heavy atom. The number of nitrogens with zero attached hydrogens (tertiary/aromatic N) is 2. The summed E-state index contributed by atoms with van der Waals surface area (Å²) in [4.78, 5) is 15.1. The molecule has 0 saturated heterocycles. The zero-order valence-corrected chi connectivity index (χ0v) is 19.4. The first-order valence-electron chi connectivity index (χ1n) is 10.6. The molecule has 6 nitrogen and oxygen atoms in total. The van der Waals surface area contributed by atoms with Crippen molar-refractivity contribution in [3.8, 4) is 10.9 Å². The SMILES string of the molecule is C=O.CCCCN(CCCN)CCc1ccc(Oc2nc3ccccc3s2)cc1.CO. The van der Waals surface area contributed by atoms with Gasteiger partial charge in [-0.05, 0) is 68.7 Å². The maximum absolute atomic E-state index is 8.00. The van der Waals surface area contributed by atoms with E-state index in [1.165, 1.54) is 18.4 Å². The zero-order chi connectivity index (χ0) is 22.9. The fourth-order valence-corrected chi connectivity index (χ4v) is 3.87. The second-order valence-electron chi connectivity index (χ2n) is 6.78. The van der Waals surface area contributed by atoms with Crippen LogP contribution in [0.5, 0.6) is 10.9 Å². The number of aliphatic hydroxyl groups is 1. The van der Waals surface area contributed by atoms with Crippen LogP contribution in [0.3, 0.4) is 0 Å².